The maximum atomic E-state index is 10.2. The van der Waals surface area contributed by atoms with Crippen LogP contribution in [0, 0.1) is 0 Å². The third kappa shape index (κ3) is 2.41. The molecular weight excluding hydrogens is 118 g/mol. The number of nitrogens with zero attached hydrogens (tertiary/aromatic N) is 2. The summed E-state index contributed by atoms with van der Waals surface area (Å²) in [5.41, 5.74) is 12.7. The molecule has 2 N–H and O–H groups in total. The van der Waals surface area contributed by atoms with Gasteiger partial charge in [0, 0.05) is 0 Å². The van der Waals surface area contributed by atoms with E-state index in [1.165, 1.54) is 6.08 Å². The van der Waals surface area contributed by atoms with E-state index in [-0.39, 0.29) is 12.1 Å². The number of primary amides is 1. The minimum absolute atomic E-state index is 0.0787. The van der Waals surface area contributed by atoms with Crippen LogP contribution in [0.2, 0.25) is 0 Å². The van der Waals surface area contributed by atoms with E-state index in [4.69, 9.17) is 11.3 Å². The molecule has 0 aromatic heterocycles. The zero-order chi connectivity index (χ0) is 7.28. The number of carbonyl (C=O) groups excluding carboxylic acids is 1. The molecule has 0 saturated carbocycles. The molecule has 0 heterocycles. The van der Waals surface area contributed by atoms with Crippen LogP contribution in [0.5, 0.6) is 0 Å². The van der Waals surface area contributed by atoms with Crippen molar-refractivity contribution in [2.45, 2.75) is 6.42 Å². The molecule has 0 aliphatic carbocycles. The fraction of sp³-hybridized carbons (Fsp3) is 0.200. The summed E-state index contributed by atoms with van der Waals surface area (Å²) in [7, 11) is 0. The van der Waals surface area contributed by atoms with Crippen molar-refractivity contribution in [1.82, 2.24) is 0 Å². The molecule has 0 atom stereocenters. The Kier molecular flexibility index (Phi) is 3.01. The predicted octanol–water partition coefficient (Wildman–Crippen LogP) is -0.281. The monoisotopic (exact) mass is 125 g/mol. The van der Waals surface area contributed by atoms with Crippen molar-refractivity contribution in [3.63, 3.8) is 0 Å². The summed E-state index contributed by atoms with van der Waals surface area (Å²) in [6.45, 7) is 3.33. The van der Waals surface area contributed by atoms with E-state index >= 15 is 0 Å². The van der Waals surface area contributed by atoms with Crippen LogP contribution in [-0.2, 0) is 4.79 Å². The summed E-state index contributed by atoms with van der Waals surface area (Å²) in [6, 6.07) is 0. The normalized spacial score (nSPS) is 7.56. The van der Waals surface area contributed by atoms with Gasteiger partial charge < -0.3 is 11.3 Å². The highest BCUT2D eigenvalue weighted by Gasteiger charge is 2.11. The van der Waals surface area contributed by atoms with Gasteiger partial charge in [-0.3, -0.25) is 4.79 Å². The zero-order valence-corrected chi connectivity index (χ0v) is 4.87. The van der Waals surface area contributed by atoms with E-state index in [9.17, 15) is 4.79 Å². The smallest absolute Gasteiger partial charge is 0.359 e. The van der Waals surface area contributed by atoms with Gasteiger partial charge in [-0.15, -0.1) is 6.58 Å². The SMILES string of the molecule is C=CCC(=[N+]=[N-])C(N)=O. The molecule has 0 aliphatic rings. The van der Waals surface area contributed by atoms with Gasteiger partial charge in [0.2, 0.25) is 0 Å². The Hall–Kier alpha value is -1.41. The molecule has 0 bridgehead atoms. The average molecular weight is 125 g/mol. The molecule has 0 saturated heterocycles. The summed E-state index contributed by atoms with van der Waals surface area (Å²) in [6.07, 6.45) is 1.63. The van der Waals surface area contributed by atoms with E-state index in [1.54, 1.807) is 0 Å². The lowest BCUT2D eigenvalue weighted by molar-refractivity contribution is -0.116. The van der Waals surface area contributed by atoms with Crippen LogP contribution in [0.3, 0.4) is 0 Å². The fourth-order valence-electron chi connectivity index (χ4n) is 0.327. The van der Waals surface area contributed by atoms with Gasteiger partial charge >= 0.3 is 11.6 Å². The maximum absolute atomic E-state index is 10.2. The first-order valence-corrected chi connectivity index (χ1v) is 2.34. The van der Waals surface area contributed by atoms with Crippen molar-refractivity contribution >= 4 is 11.6 Å². The first kappa shape index (κ1) is 7.59. The predicted molar refractivity (Wildman–Crippen MR) is 32.6 cm³/mol. The number of nitrogens with two attached hydrogens (primary N) is 1. The maximum Gasteiger partial charge on any atom is 0.359 e. The van der Waals surface area contributed by atoms with Gasteiger partial charge in [0.15, 0.2) is 0 Å². The van der Waals surface area contributed by atoms with Crippen LogP contribution in [0.1, 0.15) is 6.42 Å². The minimum atomic E-state index is -0.725. The second-order valence-corrected chi connectivity index (χ2v) is 1.40. The van der Waals surface area contributed by atoms with Crippen LogP contribution in [0.15, 0.2) is 12.7 Å². The Morgan fingerprint density at radius 2 is 2.44 bits per heavy atom. The van der Waals surface area contributed by atoms with E-state index in [2.05, 4.69) is 11.4 Å². The highest BCUT2D eigenvalue weighted by atomic mass is 16.1. The molecule has 0 aliphatic heterocycles. The van der Waals surface area contributed by atoms with Crippen LogP contribution in [0.4, 0.5) is 0 Å². The molecule has 0 rings (SSSR count). The van der Waals surface area contributed by atoms with Crippen molar-refractivity contribution < 1.29 is 9.58 Å². The third-order valence-corrected chi connectivity index (χ3v) is 0.743. The second kappa shape index (κ2) is 3.57. The lowest BCUT2D eigenvalue weighted by Gasteiger charge is -1.80. The fourth-order valence-corrected chi connectivity index (χ4v) is 0.327. The molecule has 1 amide bonds. The second-order valence-electron chi connectivity index (χ2n) is 1.40. The van der Waals surface area contributed by atoms with Crippen molar-refractivity contribution in [2.24, 2.45) is 5.73 Å². The molecule has 48 valence electrons. The molecule has 0 fully saturated rings. The van der Waals surface area contributed by atoms with E-state index in [1.807, 2.05) is 0 Å². The van der Waals surface area contributed by atoms with Crippen molar-refractivity contribution in [2.75, 3.05) is 0 Å². The zero-order valence-electron chi connectivity index (χ0n) is 4.87. The molecule has 4 heteroatoms. The standard InChI is InChI=1S/C5H7N3O/c1-2-3-4(8-7)5(6)9/h2H,1,3H2,(H2,6,9). The topological polar surface area (TPSA) is 79.5 Å². The molecular formula is C5H7N3O. The minimum Gasteiger partial charge on any atom is -0.361 e. The largest absolute Gasteiger partial charge is 0.361 e. The molecule has 0 unspecified atom stereocenters. The number of carbonyl (C=O) groups is 1. The Morgan fingerprint density at radius 1 is 1.89 bits per heavy atom. The Bertz CT molecular complexity index is 179. The quantitative estimate of drug-likeness (QED) is 0.239. The van der Waals surface area contributed by atoms with Crippen LogP contribution < -0.4 is 5.73 Å². The number of rotatable bonds is 3. The summed E-state index contributed by atoms with van der Waals surface area (Å²) in [5.74, 6) is -0.725. The van der Waals surface area contributed by atoms with Gasteiger partial charge in [0.1, 0.15) is 0 Å². The lowest BCUT2D eigenvalue weighted by Crippen LogP contribution is -2.23. The van der Waals surface area contributed by atoms with E-state index < -0.39 is 5.91 Å². The van der Waals surface area contributed by atoms with Crippen molar-refractivity contribution in [3.8, 4) is 0 Å². The number of hydrogen-bond acceptors (Lipinski definition) is 1. The van der Waals surface area contributed by atoms with E-state index in [0.29, 0.717) is 0 Å². The Morgan fingerprint density at radius 3 is 2.56 bits per heavy atom. The molecule has 0 aromatic carbocycles. The first-order chi connectivity index (χ1) is 4.22. The summed E-state index contributed by atoms with van der Waals surface area (Å²) >= 11 is 0. The molecule has 0 aromatic rings. The van der Waals surface area contributed by atoms with Gasteiger partial charge in [-0.2, -0.15) is 4.79 Å². The van der Waals surface area contributed by atoms with Gasteiger partial charge in [-0.05, 0) is 0 Å². The van der Waals surface area contributed by atoms with E-state index in [0.717, 1.165) is 0 Å². The summed E-state index contributed by atoms with van der Waals surface area (Å²) in [4.78, 5) is 12.9. The first-order valence-electron chi connectivity index (χ1n) is 2.34. The third-order valence-electron chi connectivity index (χ3n) is 0.743. The van der Waals surface area contributed by atoms with Crippen molar-refractivity contribution in [3.05, 3.63) is 18.2 Å². The van der Waals surface area contributed by atoms with Gasteiger partial charge in [0.25, 0.3) is 0 Å². The van der Waals surface area contributed by atoms with Crippen LogP contribution >= 0.6 is 0 Å². The average Bonchev–Trinajstić information content (AvgIpc) is 1.82. The highest BCUT2D eigenvalue weighted by Crippen LogP contribution is 1.80. The molecule has 0 radical (unpaired) electrons. The molecule has 9 heavy (non-hydrogen) atoms. The van der Waals surface area contributed by atoms with Crippen LogP contribution in [0.25, 0.3) is 5.53 Å². The van der Waals surface area contributed by atoms with Crippen LogP contribution in [-0.4, -0.2) is 16.4 Å². The van der Waals surface area contributed by atoms with Crippen molar-refractivity contribution in [1.29, 1.82) is 0 Å². The number of hydrogen-bond donors (Lipinski definition) is 1. The van der Waals surface area contributed by atoms with Gasteiger partial charge in [-0.1, -0.05) is 6.08 Å². The highest BCUT2D eigenvalue weighted by molar-refractivity contribution is 6.36. The van der Waals surface area contributed by atoms with Gasteiger partial charge in [0.05, 0.1) is 6.42 Å². The van der Waals surface area contributed by atoms with Gasteiger partial charge in [-0.25, -0.2) is 0 Å². The molecule has 0 spiro atoms. The Balaban J connectivity index is 4.18. The number of allylic oxidation sites excluding steroid dienone is 1. The summed E-state index contributed by atoms with van der Waals surface area (Å²) in [5, 5.41) is 0. The lowest BCUT2D eigenvalue weighted by atomic mass is 10.2. The number of amides is 1. The summed E-state index contributed by atoms with van der Waals surface area (Å²) < 4.78 is 0. The molecule has 4 nitrogen and oxygen atoms in total. The Labute approximate surface area is 52.6 Å².